The zero-order valence-corrected chi connectivity index (χ0v) is 11.3. The average molecular weight is 252 g/mol. The topological polar surface area (TPSA) is 63.3 Å². The molecule has 3 N–H and O–H groups in total. The number of rotatable bonds is 9. The van der Waals surface area contributed by atoms with E-state index in [1.807, 2.05) is 6.92 Å². The molecule has 0 aromatic heterocycles. The summed E-state index contributed by atoms with van der Waals surface area (Å²) in [5.41, 5.74) is 5.52. The van der Waals surface area contributed by atoms with Crippen LogP contribution in [0.25, 0.3) is 0 Å². The first kappa shape index (κ1) is 18.1. The average Bonchev–Trinajstić information content (AvgIpc) is 2.21. The van der Waals surface area contributed by atoms with Crippen molar-refractivity contribution in [1.82, 2.24) is 0 Å². The molecule has 0 bridgehead atoms. The van der Waals surface area contributed by atoms with Gasteiger partial charge in [-0.2, -0.15) is 0 Å². The van der Waals surface area contributed by atoms with Crippen LogP contribution in [0, 0.1) is 5.92 Å². The Balaban J connectivity index is 0. The maximum Gasteiger partial charge on any atom is 0.320 e. The summed E-state index contributed by atoms with van der Waals surface area (Å²) in [5, 5.41) is 8.70. The molecule has 16 heavy (non-hydrogen) atoms. The van der Waals surface area contributed by atoms with Gasteiger partial charge in [0.25, 0.3) is 0 Å². The summed E-state index contributed by atoms with van der Waals surface area (Å²) < 4.78 is 0. The predicted molar refractivity (Wildman–Crippen MR) is 70.0 cm³/mol. The summed E-state index contributed by atoms with van der Waals surface area (Å²) >= 11 is 0. The summed E-state index contributed by atoms with van der Waals surface area (Å²) in [6, 6.07) is -0.694. The fourth-order valence-corrected chi connectivity index (χ4v) is 1.67. The highest BCUT2D eigenvalue weighted by atomic mass is 35.5. The van der Waals surface area contributed by atoms with Gasteiger partial charge in [-0.05, 0) is 12.3 Å². The second-order valence-corrected chi connectivity index (χ2v) is 4.40. The molecule has 4 heteroatoms. The van der Waals surface area contributed by atoms with Crippen LogP contribution >= 0.6 is 12.4 Å². The van der Waals surface area contributed by atoms with E-state index in [1.54, 1.807) is 0 Å². The Morgan fingerprint density at radius 3 is 2.19 bits per heavy atom. The fourth-order valence-electron chi connectivity index (χ4n) is 1.67. The van der Waals surface area contributed by atoms with E-state index in [1.165, 1.54) is 32.1 Å². The van der Waals surface area contributed by atoms with Crippen molar-refractivity contribution < 1.29 is 9.90 Å². The third kappa shape index (κ3) is 8.98. The summed E-state index contributed by atoms with van der Waals surface area (Å²) in [4.78, 5) is 10.6. The highest BCUT2D eigenvalue weighted by Gasteiger charge is 2.18. The second-order valence-electron chi connectivity index (χ2n) is 4.40. The highest BCUT2D eigenvalue weighted by Crippen LogP contribution is 2.14. The van der Waals surface area contributed by atoms with Gasteiger partial charge in [0.15, 0.2) is 0 Å². The Morgan fingerprint density at radius 1 is 1.19 bits per heavy atom. The van der Waals surface area contributed by atoms with Gasteiger partial charge in [-0.1, -0.05) is 52.4 Å². The molecule has 0 rings (SSSR count). The lowest BCUT2D eigenvalue weighted by Crippen LogP contribution is -2.36. The molecule has 0 radical (unpaired) electrons. The molecule has 0 saturated carbocycles. The van der Waals surface area contributed by atoms with Crippen molar-refractivity contribution in [3.8, 4) is 0 Å². The molecule has 0 fully saturated rings. The van der Waals surface area contributed by atoms with Crippen LogP contribution in [0.4, 0.5) is 0 Å². The minimum atomic E-state index is -0.881. The molecule has 0 saturated heterocycles. The van der Waals surface area contributed by atoms with Crippen LogP contribution in [0.5, 0.6) is 0 Å². The molecule has 2 unspecified atom stereocenters. The summed E-state index contributed by atoms with van der Waals surface area (Å²) in [7, 11) is 0. The fraction of sp³-hybridized carbons (Fsp3) is 0.917. The van der Waals surface area contributed by atoms with Crippen LogP contribution < -0.4 is 5.73 Å². The zero-order chi connectivity index (χ0) is 11.7. The Hall–Kier alpha value is -0.280. The lowest BCUT2D eigenvalue weighted by molar-refractivity contribution is -0.139. The molecule has 0 aliphatic heterocycles. The van der Waals surface area contributed by atoms with Crippen molar-refractivity contribution in [2.45, 2.75) is 64.8 Å². The van der Waals surface area contributed by atoms with E-state index in [0.717, 1.165) is 12.8 Å². The lowest BCUT2D eigenvalue weighted by Gasteiger charge is -2.15. The maximum absolute atomic E-state index is 10.6. The number of hydrogen-bond donors (Lipinski definition) is 2. The first-order chi connectivity index (χ1) is 7.09. The van der Waals surface area contributed by atoms with Crippen LogP contribution in [0.2, 0.25) is 0 Å². The second kappa shape index (κ2) is 11.2. The first-order valence-electron chi connectivity index (χ1n) is 6.08. The van der Waals surface area contributed by atoms with Gasteiger partial charge in [-0.3, -0.25) is 4.79 Å². The van der Waals surface area contributed by atoms with E-state index >= 15 is 0 Å². The number of carboxylic acid groups (broad SMARTS) is 1. The number of hydrogen-bond acceptors (Lipinski definition) is 2. The smallest absolute Gasteiger partial charge is 0.320 e. The third-order valence-electron chi connectivity index (χ3n) is 2.91. The molecule has 3 nitrogen and oxygen atoms in total. The Morgan fingerprint density at radius 2 is 1.69 bits per heavy atom. The first-order valence-corrected chi connectivity index (χ1v) is 6.08. The van der Waals surface area contributed by atoms with Crippen molar-refractivity contribution in [3.05, 3.63) is 0 Å². The minimum Gasteiger partial charge on any atom is -0.480 e. The van der Waals surface area contributed by atoms with Crippen LogP contribution in [-0.2, 0) is 4.79 Å². The van der Waals surface area contributed by atoms with Crippen molar-refractivity contribution in [3.63, 3.8) is 0 Å². The Labute approximate surface area is 105 Å². The van der Waals surface area contributed by atoms with Gasteiger partial charge in [-0.25, -0.2) is 0 Å². The number of carboxylic acids is 1. The summed E-state index contributed by atoms with van der Waals surface area (Å²) in [5.74, 6) is -0.790. The normalized spacial score (nSPS) is 13.9. The molecular formula is C12H26ClNO2. The standard InChI is InChI=1S/C12H25NO2.ClH/c1-3-4-5-6-7-8-9-10(2)11(13)12(14)15;/h10-11H,3-9,13H2,1-2H3,(H,14,15);1H. The molecule has 0 amide bonds. The zero-order valence-electron chi connectivity index (χ0n) is 10.4. The van der Waals surface area contributed by atoms with Crippen molar-refractivity contribution in [2.75, 3.05) is 0 Å². The SMILES string of the molecule is CCCCCCCCC(C)C(N)C(=O)O.Cl. The van der Waals surface area contributed by atoms with E-state index in [-0.39, 0.29) is 18.3 Å². The number of nitrogens with two attached hydrogens (primary N) is 1. The van der Waals surface area contributed by atoms with Gasteiger partial charge >= 0.3 is 5.97 Å². The predicted octanol–water partition coefficient (Wildman–Crippen LogP) is 3.21. The van der Waals surface area contributed by atoms with Gasteiger partial charge in [0, 0.05) is 0 Å². The molecule has 0 aromatic carbocycles. The number of halogens is 1. The van der Waals surface area contributed by atoms with Crippen LogP contribution in [-0.4, -0.2) is 17.1 Å². The van der Waals surface area contributed by atoms with Crippen molar-refractivity contribution in [1.29, 1.82) is 0 Å². The molecule has 0 heterocycles. The number of unbranched alkanes of at least 4 members (excludes halogenated alkanes) is 5. The molecule has 0 spiro atoms. The van der Waals surface area contributed by atoms with Gasteiger partial charge in [0.2, 0.25) is 0 Å². The van der Waals surface area contributed by atoms with Crippen molar-refractivity contribution >= 4 is 18.4 Å². The maximum atomic E-state index is 10.6. The molecule has 0 aliphatic carbocycles. The molecule has 98 valence electrons. The largest absolute Gasteiger partial charge is 0.480 e. The third-order valence-corrected chi connectivity index (χ3v) is 2.91. The van der Waals surface area contributed by atoms with Gasteiger partial charge in [0.1, 0.15) is 6.04 Å². The van der Waals surface area contributed by atoms with Gasteiger partial charge < -0.3 is 10.8 Å². The minimum absolute atomic E-state index is 0. The Bertz CT molecular complexity index is 176. The van der Waals surface area contributed by atoms with E-state index in [0.29, 0.717) is 0 Å². The number of aliphatic carboxylic acids is 1. The van der Waals surface area contributed by atoms with E-state index in [4.69, 9.17) is 10.8 Å². The van der Waals surface area contributed by atoms with Crippen LogP contribution in [0.15, 0.2) is 0 Å². The van der Waals surface area contributed by atoms with Crippen LogP contribution in [0.3, 0.4) is 0 Å². The van der Waals surface area contributed by atoms with E-state index in [9.17, 15) is 4.79 Å². The van der Waals surface area contributed by atoms with E-state index < -0.39 is 12.0 Å². The monoisotopic (exact) mass is 251 g/mol. The van der Waals surface area contributed by atoms with Gasteiger partial charge in [0.05, 0.1) is 0 Å². The van der Waals surface area contributed by atoms with E-state index in [2.05, 4.69) is 6.92 Å². The lowest BCUT2D eigenvalue weighted by atomic mass is 9.95. The summed E-state index contributed by atoms with van der Waals surface area (Å²) in [6.07, 6.45) is 8.38. The van der Waals surface area contributed by atoms with Crippen molar-refractivity contribution in [2.24, 2.45) is 11.7 Å². The summed E-state index contributed by atoms with van der Waals surface area (Å²) in [6.45, 7) is 4.12. The number of carbonyl (C=O) groups is 1. The molecule has 0 aliphatic rings. The highest BCUT2D eigenvalue weighted by molar-refractivity contribution is 5.85. The molecular weight excluding hydrogens is 226 g/mol. The van der Waals surface area contributed by atoms with Gasteiger partial charge in [-0.15, -0.1) is 12.4 Å². The molecule has 0 aromatic rings. The quantitative estimate of drug-likeness (QED) is 0.619. The molecule has 2 atom stereocenters. The Kier molecular flexibility index (Phi) is 12.7. The van der Waals surface area contributed by atoms with Crippen LogP contribution in [0.1, 0.15) is 58.8 Å².